The number of rotatable bonds is 4. The molecule has 98 valence electrons. The Morgan fingerprint density at radius 1 is 1.00 bits per heavy atom. The van der Waals surface area contributed by atoms with Crippen molar-refractivity contribution < 1.29 is 18.7 Å². The quantitative estimate of drug-likeness (QED) is 0.791. The summed E-state index contributed by atoms with van der Waals surface area (Å²) < 4.78 is 24.2. The highest BCUT2D eigenvalue weighted by Gasteiger charge is 2.12. The topological polar surface area (TPSA) is 35.5 Å². The Morgan fingerprint density at radius 2 is 1.79 bits per heavy atom. The van der Waals surface area contributed by atoms with Gasteiger partial charge in [-0.05, 0) is 30.3 Å². The summed E-state index contributed by atoms with van der Waals surface area (Å²) in [5.74, 6) is 0.697. The third-order valence-corrected chi connectivity index (χ3v) is 2.83. The van der Waals surface area contributed by atoms with E-state index < -0.39 is 5.82 Å². The summed E-state index contributed by atoms with van der Waals surface area (Å²) in [7, 11) is 3.04. The zero-order valence-electron chi connectivity index (χ0n) is 10.6. The molecule has 0 unspecified atom stereocenters. The number of ether oxygens (including phenoxy) is 2. The Morgan fingerprint density at radius 3 is 2.42 bits per heavy atom. The van der Waals surface area contributed by atoms with Crippen LogP contribution in [0.3, 0.4) is 0 Å². The van der Waals surface area contributed by atoms with Crippen LogP contribution in [0.2, 0.25) is 0 Å². The molecule has 0 bridgehead atoms. The van der Waals surface area contributed by atoms with Gasteiger partial charge in [-0.2, -0.15) is 0 Å². The average molecular weight is 260 g/mol. The van der Waals surface area contributed by atoms with E-state index in [-0.39, 0.29) is 0 Å². The van der Waals surface area contributed by atoms with Gasteiger partial charge in [-0.25, -0.2) is 4.39 Å². The second-order valence-corrected chi connectivity index (χ2v) is 3.92. The molecular formula is C15H13FO3. The Hall–Kier alpha value is -2.36. The minimum Gasteiger partial charge on any atom is -0.497 e. The normalized spacial score (nSPS) is 10.1. The smallest absolute Gasteiger partial charge is 0.150 e. The van der Waals surface area contributed by atoms with Gasteiger partial charge in [0, 0.05) is 22.8 Å². The summed E-state index contributed by atoms with van der Waals surface area (Å²) in [5, 5.41) is 0. The van der Waals surface area contributed by atoms with E-state index in [4.69, 9.17) is 9.47 Å². The molecule has 0 N–H and O–H groups in total. The average Bonchev–Trinajstić information content (AvgIpc) is 2.47. The number of carbonyl (C=O) groups is 1. The van der Waals surface area contributed by atoms with Crippen molar-refractivity contribution in [2.75, 3.05) is 14.2 Å². The van der Waals surface area contributed by atoms with Gasteiger partial charge >= 0.3 is 0 Å². The standard InChI is InChI=1S/C15H13FO3/c1-18-11-4-5-12(15(8-11)19-2)13-7-10(9-17)3-6-14(13)16/h3-9H,1-2H3. The number of aldehydes is 1. The fourth-order valence-electron chi connectivity index (χ4n) is 1.84. The molecule has 2 aromatic rings. The van der Waals surface area contributed by atoms with Gasteiger partial charge in [-0.15, -0.1) is 0 Å². The lowest BCUT2D eigenvalue weighted by Crippen LogP contribution is -1.93. The molecule has 0 radical (unpaired) electrons. The first-order valence-corrected chi connectivity index (χ1v) is 5.66. The van der Waals surface area contributed by atoms with Gasteiger partial charge in [0.25, 0.3) is 0 Å². The SMILES string of the molecule is COc1ccc(-c2cc(C=O)ccc2F)c(OC)c1. The summed E-state index contributed by atoms with van der Waals surface area (Å²) in [6.07, 6.45) is 0.680. The van der Waals surface area contributed by atoms with E-state index >= 15 is 0 Å². The van der Waals surface area contributed by atoms with Crippen LogP contribution in [0.15, 0.2) is 36.4 Å². The maximum atomic E-state index is 13.9. The van der Waals surface area contributed by atoms with Crippen molar-refractivity contribution in [2.24, 2.45) is 0 Å². The van der Waals surface area contributed by atoms with E-state index in [0.717, 1.165) is 0 Å². The molecule has 19 heavy (non-hydrogen) atoms. The fraction of sp³-hybridized carbons (Fsp3) is 0.133. The summed E-state index contributed by atoms with van der Waals surface area (Å²) in [6, 6.07) is 9.27. The Bertz CT molecular complexity index is 608. The number of benzene rings is 2. The number of halogens is 1. The third kappa shape index (κ3) is 2.57. The minimum atomic E-state index is -0.408. The molecule has 0 saturated carbocycles. The summed E-state index contributed by atoms with van der Waals surface area (Å²) in [6.45, 7) is 0. The van der Waals surface area contributed by atoms with Gasteiger partial charge in [-0.3, -0.25) is 4.79 Å². The minimum absolute atomic E-state index is 0.323. The van der Waals surface area contributed by atoms with Gasteiger partial charge in [0.05, 0.1) is 14.2 Å². The lowest BCUT2D eigenvalue weighted by Gasteiger charge is -2.11. The molecular weight excluding hydrogens is 247 g/mol. The van der Waals surface area contributed by atoms with E-state index in [9.17, 15) is 9.18 Å². The van der Waals surface area contributed by atoms with Crippen molar-refractivity contribution in [3.63, 3.8) is 0 Å². The van der Waals surface area contributed by atoms with Crippen molar-refractivity contribution in [2.45, 2.75) is 0 Å². The molecule has 0 aromatic heterocycles. The highest BCUT2D eigenvalue weighted by Crippen LogP contribution is 2.34. The van der Waals surface area contributed by atoms with Gasteiger partial charge in [0.1, 0.15) is 23.6 Å². The van der Waals surface area contributed by atoms with Crippen molar-refractivity contribution in [1.82, 2.24) is 0 Å². The summed E-state index contributed by atoms with van der Waals surface area (Å²) >= 11 is 0. The van der Waals surface area contributed by atoms with Crippen molar-refractivity contribution in [3.8, 4) is 22.6 Å². The molecule has 0 atom stereocenters. The largest absolute Gasteiger partial charge is 0.497 e. The molecule has 3 nitrogen and oxygen atoms in total. The molecule has 0 amide bonds. The fourth-order valence-corrected chi connectivity index (χ4v) is 1.84. The first-order valence-electron chi connectivity index (χ1n) is 5.66. The van der Waals surface area contributed by atoms with E-state index in [2.05, 4.69) is 0 Å². The predicted octanol–water partition coefficient (Wildman–Crippen LogP) is 3.32. The molecule has 2 rings (SSSR count). The van der Waals surface area contributed by atoms with Gasteiger partial charge in [0.2, 0.25) is 0 Å². The van der Waals surface area contributed by atoms with E-state index in [1.54, 1.807) is 25.3 Å². The van der Waals surface area contributed by atoms with Crippen LogP contribution in [0.4, 0.5) is 4.39 Å². The van der Waals surface area contributed by atoms with Crippen LogP contribution in [0, 0.1) is 5.82 Å². The Labute approximate surface area is 110 Å². The molecule has 0 aliphatic carbocycles. The highest BCUT2D eigenvalue weighted by molar-refractivity contribution is 5.81. The summed E-state index contributed by atoms with van der Waals surface area (Å²) in [5.41, 5.74) is 1.31. The second kappa shape index (κ2) is 5.52. The number of hydrogen-bond donors (Lipinski definition) is 0. The van der Waals surface area contributed by atoms with Crippen LogP contribution in [0.5, 0.6) is 11.5 Å². The number of methoxy groups -OCH3 is 2. The summed E-state index contributed by atoms with van der Waals surface area (Å²) in [4.78, 5) is 10.8. The Balaban J connectivity index is 2.60. The zero-order chi connectivity index (χ0) is 13.8. The molecule has 0 fully saturated rings. The van der Waals surface area contributed by atoms with Crippen molar-refractivity contribution in [1.29, 1.82) is 0 Å². The highest BCUT2D eigenvalue weighted by atomic mass is 19.1. The lowest BCUT2D eigenvalue weighted by atomic mass is 10.0. The van der Waals surface area contributed by atoms with E-state index in [1.807, 2.05) is 0 Å². The molecule has 0 aliphatic rings. The van der Waals surface area contributed by atoms with Crippen molar-refractivity contribution >= 4 is 6.29 Å². The molecule has 0 saturated heterocycles. The Kier molecular flexibility index (Phi) is 3.80. The van der Waals surface area contributed by atoms with Crippen LogP contribution < -0.4 is 9.47 Å². The first-order chi connectivity index (χ1) is 9.19. The second-order valence-electron chi connectivity index (χ2n) is 3.92. The number of carbonyl (C=O) groups excluding carboxylic acids is 1. The monoisotopic (exact) mass is 260 g/mol. The maximum absolute atomic E-state index is 13.9. The predicted molar refractivity (Wildman–Crippen MR) is 70.3 cm³/mol. The molecule has 2 aromatic carbocycles. The van der Waals surface area contributed by atoms with Crippen molar-refractivity contribution in [3.05, 3.63) is 47.8 Å². The number of hydrogen-bond acceptors (Lipinski definition) is 3. The van der Waals surface area contributed by atoms with Gasteiger partial charge in [-0.1, -0.05) is 0 Å². The molecule has 4 heteroatoms. The molecule has 0 heterocycles. The van der Waals surface area contributed by atoms with Gasteiger partial charge in [0.15, 0.2) is 0 Å². The van der Waals surface area contributed by atoms with Gasteiger partial charge < -0.3 is 9.47 Å². The van der Waals surface area contributed by atoms with Crippen LogP contribution in [-0.2, 0) is 0 Å². The van der Waals surface area contributed by atoms with Crippen LogP contribution in [-0.4, -0.2) is 20.5 Å². The zero-order valence-corrected chi connectivity index (χ0v) is 10.6. The third-order valence-electron chi connectivity index (χ3n) is 2.83. The first kappa shape index (κ1) is 13.1. The lowest BCUT2D eigenvalue weighted by molar-refractivity contribution is 0.112. The molecule has 0 aliphatic heterocycles. The molecule has 0 spiro atoms. The van der Waals surface area contributed by atoms with Crippen LogP contribution >= 0.6 is 0 Å². The van der Waals surface area contributed by atoms with Crippen LogP contribution in [0.25, 0.3) is 11.1 Å². The van der Waals surface area contributed by atoms with Crippen LogP contribution in [0.1, 0.15) is 10.4 Å². The van der Waals surface area contributed by atoms with E-state index in [1.165, 1.54) is 25.3 Å². The van der Waals surface area contributed by atoms with E-state index in [0.29, 0.717) is 34.5 Å². The maximum Gasteiger partial charge on any atom is 0.150 e.